The molecule has 1 heterocycles. The second kappa shape index (κ2) is 5.80. The largest absolute Gasteiger partial charge is 0.340 e. The van der Waals surface area contributed by atoms with E-state index in [2.05, 4.69) is 15.3 Å². The molecule has 1 N–H and O–H groups in total. The van der Waals surface area contributed by atoms with Gasteiger partial charge >= 0.3 is 0 Å². The zero-order chi connectivity index (χ0) is 13.9. The Balaban J connectivity index is 1.96. The maximum absolute atomic E-state index is 6.25. The van der Waals surface area contributed by atoms with Crippen LogP contribution in [0, 0.1) is 0 Å². The van der Waals surface area contributed by atoms with Gasteiger partial charge in [-0.1, -0.05) is 18.2 Å². The first-order chi connectivity index (χ1) is 9.75. The molecule has 1 aliphatic carbocycles. The lowest BCUT2D eigenvalue weighted by Gasteiger charge is -2.19. The second-order valence-electron chi connectivity index (χ2n) is 5.18. The summed E-state index contributed by atoms with van der Waals surface area (Å²) in [5, 5.41) is 3.42. The maximum atomic E-state index is 6.25. The normalized spacial score (nSPS) is 15.5. The van der Waals surface area contributed by atoms with Crippen LogP contribution in [0.15, 0.2) is 30.6 Å². The molecule has 1 aliphatic rings. The molecular weight excluding hydrogens is 270 g/mol. The standard InChI is InChI=1S/C16H18ClN3/c1-11(17)12-6-2-5-9-15(12)20-16-13-7-3-4-8-14(13)18-10-19-16/h2,5-6,9-11H,3-4,7-8H2,1H3,(H,18,19,20). The van der Waals surface area contributed by atoms with Crippen LogP contribution in [0.4, 0.5) is 11.5 Å². The summed E-state index contributed by atoms with van der Waals surface area (Å²) in [7, 11) is 0. The Hall–Kier alpha value is -1.61. The van der Waals surface area contributed by atoms with E-state index in [0.29, 0.717) is 0 Å². The van der Waals surface area contributed by atoms with Gasteiger partial charge in [0.05, 0.1) is 5.38 Å². The highest BCUT2D eigenvalue weighted by Gasteiger charge is 2.16. The van der Waals surface area contributed by atoms with E-state index in [0.717, 1.165) is 29.9 Å². The molecule has 2 aromatic rings. The van der Waals surface area contributed by atoms with Crippen molar-refractivity contribution in [2.45, 2.75) is 38.0 Å². The number of alkyl halides is 1. The number of nitrogens with zero attached hydrogens (tertiary/aromatic N) is 2. The number of rotatable bonds is 3. The van der Waals surface area contributed by atoms with E-state index in [1.54, 1.807) is 6.33 Å². The van der Waals surface area contributed by atoms with Crippen LogP contribution in [0.25, 0.3) is 0 Å². The summed E-state index contributed by atoms with van der Waals surface area (Å²) >= 11 is 6.25. The van der Waals surface area contributed by atoms with Gasteiger partial charge in [-0.2, -0.15) is 0 Å². The molecule has 20 heavy (non-hydrogen) atoms. The average molecular weight is 288 g/mol. The van der Waals surface area contributed by atoms with Crippen molar-refractivity contribution in [3.05, 3.63) is 47.4 Å². The van der Waals surface area contributed by atoms with Crippen molar-refractivity contribution in [3.8, 4) is 0 Å². The van der Waals surface area contributed by atoms with Gasteiger partial charge in [-0.25, -0.2) is 9.97 Å². The van der Waals surface area contributed by atoms with Crippen LogP contribution in [0.3, 0.4) is 0 Å². The van der Waals surface area contributed by atoms with Gasteiger partial charge in [-0.3, -0.25) is 0 Å². The number of nitrogens with one attached hydrogen (secondary N) is 1. The number of hydrogen-bond acceptors (Lipinski definition) is 3. The lowest BCUT2D eigenvalue weighted by molar-refractivity contribution is 0.664. The molecule has 1 aromatic carbocycles. The zero-order valence-corrected chi connectivity index (χ0v) is 12.3. The molecule has 0 amide bonds. The molecule has 0 saturated heterocycles. The van der Waals surface area contributed by atoms with Crippen molar-refractivity contribution in [1.29, 1.82) is 0 Å². The van der Waals surface area contributed by atoms with Gasteiger partial charge in [0.25, 0.3) is 0 Å². The molecule has 0 bridgehead atoms. The molecule has 4 heteroatoms. The van der Waals surface area contributed by atoms with Crippen molar-refractivity contribution in [3.63, 3.8) is 0 Å². The molecule has 3 nitrogen and oxygen atoms in total. The van der Waals surface area contributed by atoms with Crippen molar-refractivity contribution < 1.29 is 0 Å². The van der Waals surface area contributed by atoms with Crippen molar-refractivity contribution in [2.75, 3.05) is 5.32 Å². The number of fused-ring (bicyclic) bond motifs is 1. The Morgan fingerprint density at radius 1 is 1.15 bits per heavy atom. The van der Waals surface area contributed by atoms with Crippen LogP contribution >= 0.6 is 11.6 Å². The fourth-order valence-corrected chi connectivity index (χ4v) is 2.90. The fraction of sp³-hybridized carbons (Fsp3) is 0.375. The molecule has 1 unspecified atom stereocenters. The molecular formula is C16H18ClN3. The Labute approximate surface area is 124 Å². The Morgan fingerprint density at radius 3 is 2.80 bits per heavy atom. The quantitative estimate of drug-likeness (QED) is 0.850. The number of anilines is 2. The predicted molar refractivity (Wildman–Crippen MR) is 82.7 cm³/mol. The zero-order valence-electron chi connectivity index (χ0n) is 11.6. The predicted octanol–water partition coefficient (Wildman–Crippen LogP) is 4.40. The Morgan fingerprint density at radius 2 is 1.95 bits per heavy atom. The summed E-state index contributed by atoms with van der Waals surface area (Å²) in [6.07, 6.45) is 6.19. The van der Waals surface area contributed by atoms with Gasteiger partial charge in [0, 0.05) is 16.9 Å². The van der Waals surface area contributed by atoms with Crippen molar-refractivity contribution in [2.24, 2.45) is 0 Å². The molecule has 0 spiro atoms. The third kappa shape index (κ3) is 2.63. The van der Waals surface area contributed by atoms with Gasteiger partial charge in [0.2, 0.25) is 0 Å². The third-order valence-electron chi connectivity index (χ3n) is 3.77. The molecule has 3 rings (SSSR count). The van der Waals surface area contributed by atoms with Crippen LogP contribution in [-0.2, 0) is 12.8 Å². The van der Waals surface area contributed by atoms with E-state index in [1.807, 2.05) is 31.2 Å². The minimum Gasteiger partial charge on any atom is -0.340 e. The first-order valence-electron chi connectivity index (χ1n) is 7.08. The maximum Gasteiger partial charge on any atom is 0.137 e. The number of halogens is 1. The summed E-state index contributed by atoms with van der Waals surface area (Å²) in [4.78, 5) is 8.82. The molecule has 1 aromatic heterocycles. The number of para-hydroxylation sites is 1. The second-order valence-corrected chi connectivity index (χ2v) is 5.84. The van der Waals surface area contributed by atoms with E-state index >= 15 is 0 Å². The third-order valence-corrected chi connectivity index (χ3v) is 4.00. The summed E-state index contributed by atoms with van der Waals surface area (Å²) in [5.41, 5.74) is 4.57. The minimum absolute atomic E-state index is 0.0311. The average Bonchev–Trinajstić information content (AvgIpc) is 2.48. The molecule has 104 valence electrons. The summed E-state index contributed by atoms with van der Waals surface area (Å²) < 4.78 is 0. The van der Waals surface area contributed by atoms with Gasteiger partial charge in [0.1, 0.15) is 12.1 Å². The molecule has 0 radical (unpaired) electrons. The number of benzene rings is 1. The van der Waals surface area contributed by atoms with Crippen molar-refractivity contribution in [1.82, 2.24) is 9.97 Å². The smallest absolute Gasteiger partial charge is 0.137 e. The summed E-state index contributed by atoms with van der Waals surface area (Å²) in [5.74, 6) is 0.930. The number of aryl methyl sites for hydroxylation is 1. The number of aromatic nitrogens is 2. The van der Waals surface area contributed by atoms with Gasteiger partial charge in [-0.05, 0) is 44.2 Å². The van der Waals surface area contributed by atoms with E-state index in [9.17, 15) is 0 Å². The van der Waals surface area contributed by atoms with Gasteiger partial charge in [-0.15, -0.1) is 11.6 Å². The molecule has 0 saturated carbocycles. The van der Waals surface area contributed by atoms with Crippen LogP contribution < -0.4 is 5.32 Å². The van der Waals surface area contributed by atoms with Crippen LogP contribution in [0.5, 0.6) is 0 Å². The first kappa shape index (κ1) is 13.4. The van der Waals surface area contributed by atoms with E-state index in [1.165, 1.54) is 24.1 Å². The number of hydrogen-bond donors (Lipinski definition) is 1. The minimum atomic E-state index is -0.0311. The van der Waals surface area contributed by atoms with Crippen LogP contribution in [0.1, 0.15) is 42.0 Å². The summed E-state index contributed by atoms with van der Waals surface area (Å²) in [6, 6.07) is 8.12. The van der Waals surface area contributed by atoms with E-state index in [-0.39, 0.29) is 5.38 Å². The lowest BCUT2D eigenvalue weighted by atomic mass is 9.96. The monoisotopic (exact) mass is 287 g/mol. The first-order valence-corrected chi connectivity index (χ1v) is 7.52. The molecule has 1 atom stereocenters. The topological polar surface area (TPSA) is 37.8 Å². The molecule has 0 fully saturated rings. The lowest BCUT2D eigenvalue weighted by Crippen LogP contribution is -2.10. The highest BCUT2D eigenvalue weighted by molar-refractivity contribution is 6.21. The van der Waals surface area contributed by atoms with Gasteiger partial charge < -0.3 is 5.32 Å². The Kier molecular flexibility index (Phi) is 3.88. The Bertz CT molecular complexity index is 610. The summed E-state index contributed by atoms with van der Waals surface area (Å²) in [6.45, 7) is 1.98. The van der Waals surface area contributed by atoms with Crippen molar-refractivity contribution >= 4 is 23.1 Å². The van der Waals surface area contributed by atoms with Crippen LogP contribution in [-0.4, -0.2) is 9.97 Å². The highest BCUT2D eigenvalue weighted by Crippen LogP contribution is 2.31. The molecule has 0 aliphatic heterocycles. The fourth-order valence-electron chi connectivity index (χ4n) is 2.71. The highest BCUT2D eigenvalue weighted by atomic mass is 35.5. The van der Waals surface area contributed by atoms with E-state index in [4.69, 9.17) is 11.6 Å². The van der Waals surface area contributed by atoms with E-state index < -0.39 is 0 Å². The SMILES string of the molecule is CC(Cl)c1ccccc1Nc1ncnc2c1CCCC2. The van der Waals surface area contributed by atoms with Gasteiger partial charge in [0.15, 0.2) is 0 Å². The van der Waals surface area contributed by atoms with Crippen LogP contribution in [0.2, 0.25) is 0 Å².